The molecule has 0 spiro atoms. The Balaban J connectivity index is 1.07. The monoisotopic (exact) mass is 602 g/mol. The summed E-state index contributed by atoms with van der Waals surface area (Å²) in [5, 5.41) is 27.0. The molecule has 0 bridgehead atoms. The molecule has 4 saturated heterocycles. The van der Waals surface area contributed by atoms with Crippen LogP contribution in [-0.4, -0.2) is 132 Å². The molecule has 5 aliphatic rings. The molecule has 5 N–H and O–H groups in total. The second-order valence-electron chi connectivity index (χ2n) is 12.0. The summed E-state index contributed by atoms with van der Waals surface area (Å²) in [5.74, 6) is -1.95. The molecule has 2 unspecified atom stereocenters. The van der Waals surface area contributed by atoms with Gasteiger partial charge in [0.05, 0.1) is 18.0 Å². The smallest absolute Gasteiger partial charge is 0.353 e. The first-order chi connectivity index (χ1) is 20.2. The fourth-order valence-corrected chi connectivity index (χ4v) is 9.02. The van der Waals surface area contributed by atoms with Crippen molar-refractivity contribution in [2.45, 2.75) is 62.7 Å². The Kier molecular flexibility index (Phi) is 7.97. The maximum atomic E-state index is 13.4. The number of nitrogens with two attached hydrogens (primary N) is 1. The number of rotatable bonds is 10. The minimum absolute atomic E-state index is 0.00209. The van der Waals surface area contributed by atoms with Crippen LogP contribution in [0.2, 0.25) is 0 Å². The van der Waals surface area contributed by atoms with E-state index in [4.69, 9.17) is 5.73 Å². The molecule has 8 atom stereocenters. The van der Waals surface area contributed by atoms with Gasteiger partial charge in [-0.3, -0.25) is 19.3 Å². The lowest BCUT2D eigenvalue weighted by Gasteiger charge is -2.47. The molecule has 1 aromatic rings. The van der Waals surface area contributed by atoms with Crippen molar-refractivity contribution in [3.8, 4) is 0 Å². The van der Waals surface area contributed by atoms with Crippen LogP contribution in [0.1, 0.15) is 26.7 Å². The van der Waals surface area contributed by atoms with Crippen molar-refractivity contribution in [1.29, 1.82) is 0 Å². The summed E-state index contributed by atoms with van der Waals surface area (Å²) in [7, 11) is 0. The van der Waals surface area contributed by atoms with Crippen LogP contribution in [0.4, 0.5) is 0 Å². The largest absolute Gasteiger partial charge is 0.477 e. The number of β-lactam (4-membered cyclic amide) rings is 1. The summed E-state index contributed by atoms with van der Waals surface area (Å²) in [6.45, 7) is 8.22. The molecule has 42 heavy (non-hydrogen) atoms. The van der Waals surface area contributed by atoms with E-state index in [0.717, 1.165) is 32.6 Å². The number of carbonyl (C=O) groups excluding carboxylic acids is 3. The number of aromatic nitrogens is 4. The van der Waals surface area contributed by atoms with Gasteiger partial charge in [-0.2, -0.15) is 0 Å². The van der Waals surface area contributed by atoms with Crippen molar-refractivity contribution in [2.24, 2.45) is 23.5 Å². The summed E-state index contributed by atoms with van der Waals surface area (Å²) in [4.78, 5) is 57.9. The van der Waals surface area contributed by atoms with E-state index in [9.17, 15) is 24.3 Å². The SMILES string of the molecule is C[C@@H](NC(=O)Cn1cnnn1)[C@H]1C(=O)N2C(C(=O)O)=C(S[C@@H]3CN[C@H](C(=O)N4CC5CCN(CCN)C5C4)C3)[C@H](C)[C@H]12. The average Bonchev–Trinajstić information content (AvgIpc) is 3.76. The van der Waals surface area contributed by atoms with Crippen LogP contribution in [-0.2, 0) is 25.7 Å². The number of nitrogens with zero attached hydrogens (tertiary/aromatic N) is 7. The third kappa shape index (κ3) is 5.07. The molecule has 1 aromatic heterocycles. The Labute approximate surface area is 247 Å². The molecule has 0 aromatic carbocycles. The fraction of sp³-hybridized carbons (Fsp3) is 0.731. The highest BCUT2D eigenvalue weighted by atomic mass is 32.2. The zero-order valence-corrected chi connectivity index (χ0v) is 24.6. The number of carboxylic acids is 1. The lowest BCUT2D eigenvalue weighted by atomic mass is 9.78. The Morgan fingerprint density at radius 1 is 1.31 bits per heavy atom. The standard InChI is InChI=1S/C26H38N10O5S/c1-13-21-20(14(2)30-19(37)11-35-12-29-31-32-35)25(39)36(21)22(26(40)41)23(13)42-16-7-17(28-8-16)24(38)34-9-15-3-5-33(6-4-27)18(15)10-34/h12-18,20-21,28H,3-11,27H2,1-2H3,(H,30,37)(H,40,41)/t13-,14-,15?,16+,17+,18?,20-,21-/m1/s1. The van der Waals surface area contributed by atoms with Crippen molar-refractivity contribution >= 4 is 35.5 Å². The number of carbonyl (C=O) groups is 4. The molecule has 0 radical (unpaired) electrons. The van der Waals surface area contributed by atoms with Gasteiger partial charge < -0.3 is 31.3 Å². The van der Waals surface area contributed by atoms with Crippen LogP contribution < -0.4 is 16.4 Å². The number of carboxylic acid groups (broad SMARTS) is 1. The normalized spacial score (nSPS) is 33.1. The summed E-state index contributed by atoms with van der Waals surface area (Å²) >= 11 is 1.46. The number of amides is 3. The first-order valence-corrected chi connectivity index (χ1v) is 15.5. The van der Waals surface area contributed by atoms with Crippen molar-refractivity contribution in [2.75, 3.05) is 39.3 Å². The van der Waals surface area contributed by atoms with Crippen LogP contribution >= 0.6 is 11.8 Å². The maximum Gasteiger partial charge on any atom is 0.353 e. The molecule has 15 nitrogen and oxygen atoms in total. The second kappa shape index (κ2) is 11.5. The number of fused-ring (bicyclic) bond motifs is 2. The Bertz CT molecular complexity index is 1270. The minimum atomic E-state index is -1.14. The zero-order valence-electron chi connectivity index (χ0n) is 23.8. The third-order valence-electron chi connectivity index (χ3n) is 9.49. The molecule has 228 valence electrons. The van der Waals surface area contributed by atoms with Crippen molar-refractivity contribution < 1.29 is 24.3 Å². The molecule has 5 aliphatic heterocycles. The summed E-state index contributed by atoms with van der Waals surface area (Å²) < 4.78 is 1.29. The van der Waals surface area contributed by atoms with Crippen LogP contribution in [0.25, 0.3) is 0 Å². The minimum Gasteiger partial charge on any atom is -0.477 e. The molecule has 3 amide bonds. The molecule has 6 rings (SSSR count). The average molecular weight is 603 g/mol. The van der Waals surface area contributed by atoms with Gasteiger partial charge >= 0.3 is 5.97 Å². The van der Waals surface area contributed by atoms with E-state index in [0.29, 0.717) is 36.4 Å². The molecule has 6 heterocycles. The highest BCUT2D eigenvalue weighted by Gasteiger charge is 2.60. The molecule has 4 fully saturated rings. The quantitative estimate of drug-likeness (QED) is 0.214. The number of nitrogens with one attached hydrogen (secondary N) is 2. The summed E-state index contributed by atoms with van der Waals surface area (Å²) in [5.41, 5.74) is 5.80. The Morgan fingerprint density at radius 2 is 2.12 bits per heavy atom. The zero-order chi connectivity index (χ0) is 29.7. The Morgan fingerprint density at radius 3 is 2.83 bits per heavy atom. The molecular formula is C26H38N10O5S. The number of thioether (sulfide) groups is 1. The number of tetrazole rings is 1. The van der Waals surface area contributed by atoms with E-state index in [2.05, 4.69) is 31.1 Å². The molecule has 16 heteroatoms. The molecular weight excluding hydrogens is 564 g/mol. The topological polar surface area (TPSA) is 192 Å². The van der Waals surface area contributed by atoms with E-state index in [1.54, 1.807) is 6.92 Å². The number of aliphatic carboxylic acids is 1. The van der Waals surface area contributed by atoms with Crippen LogP contribution in [0.5, 0.6) is 0 Å². The van der Waals surface area contributed by atoms with Gasteiger partial charge in [0.15, 0.2) is 0 Å². The van der Waals surface area contributed by atoms with Crippen molar-refractivity contribution in [3.05, 3.63) is 16.9 Å². The van der Waals surface area contributed by atoms with Crippen molar-refractivity contribution in [1.82, 2.24) is 45.5 Å². The van der Waals surface area contributed by atoms with Crippen LogP contribution in [0.15, 0.2) is 16.9 Å². The van der Waals surface area contributed by atoms with Gasteiger partial charge in [-0.15, -0.1) is 16.9 Å². The fourth-order valence-electron chi connectivity index (χ4n) is 7.54. The van der Waals surface area contributed by atoms with Gasteiger partial charge in [-0.25, -0.2) is 9.48 Å². The molecule has 0 saturated carbocycles. The van der Waals surface area contributed by atoms with Gasteiger partial charge in [-0.1, -0.05) is 6.92 Å². The van der Waals surface area contributed by atoms with Gasteiger partial charge in [0.1, 0.15) is 18.6 Å². The third-order valence-corrected chi connectivity index (χ3v) is 11.0. The number of hydrogen-bond donors (Lipinski definition) is 4. The van der Waals surface area contributed by atoms with E-state index in [1.165, 1.54) is 27.7 Å². The van der Waals surface area contributed by atoms with E-state index in [-0.39, 0.29) is 53.2 Å². The van der Waals surface area contributed by atoms with Crippen LogP contribution in [0.3, 0.4) is 0 Å². The van der Waals surface area contributed by atoms with E-state index in [1.807, 2.05) is 11.8 Å². The lowest BCUT2D eigenvalue weighted by Crippen LogP contribution is -2.66. The first-order valence-electron chi connectivity index (χ1n) is 14.6. The highest BCUT2D eigenvalue weighted by Crippen LogP contribution is 2.52. The predicted octanol–water partition coefficient (Wildman–Crippen LogP) is -2.09. The van der Waals surface area contributed by atoms with Crippen molar-refractivity contribution in [3.63, 3.8) is 0 Å². The molecule has 0 aliphatic carbocycles. The summed E-state index contributed by atoms with van der Waals surface area (Å²) in [6, 6.07) is -0.785. The first kappa shape index (κ1) is 29.0. The Hall–Kier alpha value is -3.08. The lowest BCUT2D eigenvalue weighted by molar-refractivity contribution is -0.158. The number of likely N-dealkylation sites (tertiary alicyclic amines) is 2. The second-order valence-corrected chi connectivity index (χ2v) is 13.4. The number of hydrogen-bond acceptors (Lipinski definition) is 11. The van der Waals surface area contributed by atoms with Gasteiger partial charge in [0, 0.05) is 60.9 Å². The maximum absolute atomic E-state index is 13.4. The van der Waals surface area contributed by atoms with E-state index >= 15 is 0 Å². The highest BCUT2D eigenvalue weighted by molar-refractivity contribution is 8.03. The van der Waals surface area contributed by atoms with Gasteiger partial charge in [0.25, 0.3) is 0 Å². The predicted molar refractivity (Wildman–Crippen MR) is 150 cm³/mol. The summed E-state index contributed by atoms with van der Waals surface area (Å²) in [6.07, 6.45) is 3.01. The van der Waals surface area contributed by atoms with Crippen LogP contribution in [0, 0.1) is 17.8 Å². The van der Waals surface area contributed by atoms with Gasteiger partial charge in [-0.05, 0) is 42.7 Å². The van der Waals surface area contributed by atoms with E-state index < -0.39 is 17.9 Å². The van der Waals surface area contributed by atoms with Gasteiger partial charge in [0.2, 0.25) is 17.7 Å².